The molecule has 0 spiro atoms. The van der Waals surface area contributed by atoms with Crippen molar-refractivity contribution in [2.45, 2.75) is 32.1 Å². The number of hydrogen-bond donors (Lipinski definition) is 2. The molecule has 1 saturated heterocycles. The third-order valence-corrected chi connectivity index (χ3v) is 6.08. The second-order valence-electron chi connectivity index (χ2n) is 7.50. The van der Waals surface area contributed by atoms with Gasteiger partial charge in [0.2, 0.25) is 5.91 Å². The molecular weight excluding hydrogens is 429 g/mol. The van der Waals surface area contributed by atoms with Crippen molar-refractivity contribution in [1.82, 2.24) is 15.1 Å². The largest absolute Gasteiger partial charge is 0.503 e. The Morgan fingerprint density at radius 2 is 1.87 bits per heavy atom. The van der Waals surface area contributed by atoms with Crippen molar-refractivity contribution in [2.75, 3.05) is 32.7 Å². The molecule has 0 bridgehead atoms. The van der Waals surface area contributed by atoms with Crippen molar-refractivity contribution in [3.05, 3.63) is 45.1 Å². The number of aliphatic hydroxyl groups excluding tert-OH is 1. The predicted octanol–water partition coefficient (Wildman–Crippen LogP) is 2.71. The second kappa shape index (κ2) is 10.2. The molecule has 2 heterocycles. The summed E-state index contributed by atoms with van der Waals surface area (Å²) < 4.78 is 0. The normalized spacial score (nSPS) is 16.7. The Morgan fingerprint density at radius 1 is 1.10 bits per heavy atom. The SMILES string of the molecule is O=C(NCCCc1ccc(Cl)c(Cl)c1)C1=C(O)C(=O)N(CCCN2CCCC2=O)C1. The van der Waals surface area contributed by atoms with Gasteiger partial charge in [0.15, 0.2) is 5.76 Å². The van der Waals surface area contributed by atoms with Crippen LogP contribution in [0.4, 0.5) is 0 Å². The molecule has 30 heavy (non-hydrogen) atoms. The van der Waals surface area contributed by atoms with E-state index in [1.165, 1.54) is 4.90 Å². The maximum atomic E-state index is 12.4. The van der Waals surface area contributed by atoms with E-state index in [1.54, 1.807) is 17.0 Å². The molecule has 2 aliphatic heterocycles. The lowest BCUT2D eigenvalue weighted by molar-refractivity contribution is -0.128. The highest BCUT2D eigenvalue weighted by atomic mass is 35.5. The van der Waals surface area contributed by atoms with Gasteiger partial charge in [-0.25, -0.2) is 0 Å². The fraction of sp³-hybridized carbons (Fsp3) is 0.476. The molecule has 1 fully saturated rings. The zero-order chi connectivity index (χ0) is 21.7. The van der Waals surface area contributed by atoms with Crippen molar-refractivity contribution in [1.29, 1.82) is 0 Å². The lowest BCUT2D eigenvalue weighted by Crippen LogP contribution is -2.33. The van der Waals surface area contributed by atoms with Crippen molar-refractivity contribution in [2.24, 2.45) is 0 Å². The first-order chi connectivity index (χ1) is 14.4. The van der Waals surface area contributed by atoms with Crippen molar-refractivity contribution in [3.8, 4) is 0 Å². The summed E-state index contributed by atoms with van der Waals surface area (Å²) in [5.41, 5.74) is 1.10. The van der Waals surface area contributed by atoms with Crippen LogP contribution >= 0.6 is 23.2 Å². The average molecular weight is 454 g/mol. The number of rotatable bonds is 9. The first-order valence-electron chi connectivity index (χ1n) is 10.1. The summed E-state index contributed by atoms with van der Waals surface area (Å²) in [5.74, 6) is -1.32. The second-order valence-corrected chi connectivity index (χ2v) is 8.31. The molecule has 2 aliphatic rings. The van der Waals surface area contributed by atoms with Gasteiger partial charge in [0.05, 0.1) is 22.2 Å². The van der Waals surface area contributed by atoms with Crippen LogP contribution in [0.2, 0.25) is 10.0 Å². The standard InChI is InChI=1S/C21H25Cl2N3O4/c22-16-7-6-14(12-17(16)23)4-1-8-24-20(29)15-13-26(21(30)19(15)28)11-3-10-25-9-2-5-18(25)27/h6-7,12,28H,1-5,8-11,13H2,(H,24,29). The van der Waals surface area contributed by atoms with E-state index in [4.69, 9.17) is 23.2 Å². The molecule has 0 atom stereocenters. The van der Waals surface area contributed by atoms with Crippen LogP contribution in [0, 0.1) is 0 Å². The minimum absolute atomic E-state index is 0.0806. The Hall–Kier alpha value is -2.25. The molecular formula is C21H25Cl2N3O4. The number of likely N-dealkylation sites (tertiary alicyclic amines) is 1. The molecule has 0 aliphatic carbocycles. The number of aryl methyl sites for hydroxylation is 1. The Balaban J connectivity index is 1.40. The van der Waals surface area contributed by atoms with Crippen molar-refractivity contribution >= 4 is 40.9 Å². The number of hydrogen-bond acceptors (Lipinski definition) is 4. The molecule has 3 amide bonds. The lowest BCUT2D eigenvalue weighted by Gasteiger charge is -2.19. The highest BCUT2D eigenvalue weighted by molar-refractivity contribution is 6.42. The fourth-order valence-corrected chi connectivity index (χ4v) is 3.99. The first-order valence-corrected chi connectivity index (χ1v) is 10.8. The summed E-state index contributed by atoms with van der Waals surface area (Å²) in [6.07, 6.45) is 3.46. The number of amides is 3. The van der Waals surface area contributed by atoms with E-state index in [1.807, 2.05) is 6.07 Å². The number of nitrogens with one attached hydrogen (secondary N) is 1. The maximum Gasteiger partial charge on any atom is 0.289 e. The van der Waals surface area contributed by atoms with E-state index in [9.17, 15) is 19.5 Å². The van der Waals surface area contributed by atoms with Gasteiger partial charge in [-0.1, -0.05) is 29.3 Å². The minimum Gasteiger partial charge on any atom is -0.503 e. The summed E-state index contributed by atoms with van der Waals surface area (Å²) in [7, 11) is 0. The summed E-state index contributed by atoms with van der Waals surface area (Å²) in [5, 5.41) is 13.8. The number of aliphatic hydroxyl groups is 1. The Kier molecular flexibility index (Phi) is 7.61. The smallest absolute Gasteiger partial charge is 0.289 e. The topological polar surface area (TPSA) is 89.9 Å². The molecule has 9 heteroatoms. The number of benzene rings is 1. The quantitative estimate of drug-likeness (QED) is 0.562. The van der Waals surface area contributed by atoms with Crippen LogP contribution in [0.1, 0.15) is 31.2 Å². The molecule has 2 N–H and O–H groups in total. The first kappa shape index (κ1) is 22.4. The number of nitrogens with zero attached hydrogens (tertiary/aromatic N) is 2. The summed E-state index contributed by atoms with van der Waals surface area (Å²) in [4.78, 5) is 39.5. The summed E-state index contributed by atoms with van der Waals surface area (Å²) in [6.45, 7) is 2.21. The van der Waals surface area contributed by atoms with Crippen LogP contribution in [0.3, 0.4) is 0 Å². The van der Waals surface area contributed by atoms with Crippen molar-refractivity contribution < 1.29 is 19.5 Å². The zero-order valence-electron chi connectivity index (χ0n) is 16.6. The van der Waals surface area contributed by atoms with Gasteiger partial charge in [-0.3, -0.25) is 14.4 Å². The van der Waals surface area contributed by atoms with E-state index >= 15 is 0 Å². The third kappa shape index (κ3) is 5.46. The number of carbonyl (C=O) groups excluding carboxylic acids is 3. The molecule has 1 aromatic rings. The lowest BCUT2D eigenvalue weighted by atomic mass is 10.1. The maximum absolute atomic E-state index is 12.4. The van der Waals surface area contributed by atoms with E-state index in [2.05, 4.69) is 5.32 Å². The van der Waals surface area contributed by atoms with Gasteiger partial charge >= 0.3 is 0 Å². The average Bonchev–Trinajstić information content (AvgIpc) is 3.25. The van der Waals surface area contributed by atoms with Crippen LogP contribution in [0.15, 0.2) is 29.5 Å². The van der Waals surface area contributed by atoms with Gasteiger partial charge in [-0.15, -0.1) is 0 Å². The summed E-state index contributed by atoms with van der Waals surface area (Å²) >= 11 is 11.9. The van der Waals surface area contributed by atoms with Crippen LogP contribution in [-0.4, -0.2) is 65.4 Å². The van der Waals surface area contributed by atoms with Crippen LogP contribution < -0.4 is 5.32 Å². The molecule has 0 saturated carbocycles. The molecule has 7 nitrogen and oxygen atoms in total. The molecule has 1 aromatic carbocycles. The van der Waals surface area contributed by atoms with Gasteiger partial charge in [-0.05, 0) is 43.4 Å². The Labute approximate surface area is 185 Å². The van der Waals surface area contributed by atoms with E-state index in [0.717, 1.165) is 18.5 Å². The third-order valence-electron chi connectivity index (χ3n) is 5.34. The van der Waals surface area contributed by atoms with Gasteiger partial charge in [-0.2, -0.15) is 0 Å². The number of carbonyl (C=O) groups is 3. The predicted molar refractivity (Wildman–Crippen MR) is 114 cm³/mol. The summed E-state index contributed by atoms with van der Waals surface area (Å²) in [6, 6.07) is 5.41. The zero-order valence-corrected chi connectivity index (χ0v) is 18.1. The van der Waals surface area contributed by atoms with Crippen LogP contribution in [-0.2, 0) is 20.8 Å². The highest BCUT2D eigenvalue weighted by Crippen LogP contribution is 2.23. The molecule has 3 rings (SSSR count). The Morgan fingerprint density at radius 3 is 2.57 bits per heavy atom. The fourth-order valence-electron chi connectivity index (χ4n) is 3.67. The minimum atomic E-state index is -0.538. The molecule has 0 unspecified atom stereocenters. The van der Waals surface area contributed by atoms with Crippen molar-refractivity contribution in [3.63, 3.8) is 0 Å². The number of halogens is 2. The van der Waals surface area contributed by atoms with Gasteiger partial charge < -0.3 is 20.2 Å². The van der Waals surface area contributed by atoms with Crippen LogP contribution in [0.25, 0.3) is 0 Å². The van der Waals surface area contributed by atoms with Gasteiger partial charge in [0.25, 0.3) is 11.8 Å². The van der Waals surface area contributed by atoms with E-state index < -0.39 is 17.6 Å². The van der Waals surface area contributed by atoms with Crippen LogP contribution in [0.5, 0.6) is 0 Å². The van der Waals surface area contributed by atoms with Gasteiger partial charge in [0.1, 0.15) is 0 Å². The molecule has 0 radical (unpaired) electrons. The van der Waals surface area contributed by atoms with E-state index in [-0.39, 0.29) is 18.0 Å². The molecule has 0 aromatic heterocycles. The molecule has 162 valence electrons. The monoisotopic (exact) mass is 453 g/mol. The Bertz CT molecular complexity index is 872. The van der Waals surface area contributed by atoms with E-state index in [0.29, 0.717) is 55.4 Å². The highest BCUT2D eigenvalue weighted by Gasteiger charge is 2.33. The van der Waals surface area contributed by atoms with Gasteiger partial charge in [0, 0.05) is 32.6 Å².